The monoisotopic (exact) mass is 326 g/mol. The van der Waals surface area contributed by atoms with E-state index < -0.39 is 5.97 Å². The van der Waals surface area contributed by atoms with Crippen molar-refractivity contribution in [3.05, 3.63) is 64.7 Å². The first-order chi connectivity index (χ1) is 11.4. The molecule has 0 fully saturated rings. The minimum absolute atomic E-state index is 0.200. The van der Waals surface area contributed by atoms with E-state index in [2.05, 4.69) is 13.8 Å². The molecule has 0 radical (unpaired) electrons. The molecular weight excluding hydrogens is 308 g/mol. The Kier molecular flexibility index (Phi) is 4.03. The number of hydrogen-bond acceptors (Lipinski definition) is 4. The van der Waals surface area contributed by atoms with E-state index in [1.165, 1.54) is 6.92 Å². The molecule has 6 rings (SSSR count). The second-order valence-electron chi connectivity index (χ2n) is 6.27. The average Bonchev–Trinajstić information content (AvgIpc) is 2.55. The van der Waals surface area contributed by atoms with Gasteiger partial charge in [-0.05, 0) is 48.4 Å². The third-order valence-corrected chi connectivity index (χ3v) is 4.27. The smallest absolute Gasteiger partial charge is 0.331 e. The lowest BCUT2D eigenvalue weighted by Crippen LogP contribution is -2.19. The van der Waals surface area contributed by atoms with Crippen LogP contribution in [-0.4, -0.2) is 11.1 Å². The number of rotatable bonds is 2. The minimum atomic E-state index is -0.987. The Labute approximate surface area is 140 Å². The third-order valence-electron chi connectivity index (χ3n) is 4.27. The van der Waals surface area contributed by atoms with Gasteiger partial charge in [0.1, 0.15) is 0 Å². The fourth-order valence-corrected chi connectivity index (χ4v) is 2.61. The number of carbonyl (C=O) groups is 1. The molecule has 4 heterocycles. The molecule has 2 aromatic carbocycles. The van der Waals surface area contributed by atoms with Gasteiger partial charge >= 0.3 is 5.97 Å². The maximum absolute atomic E-state index is 11.1. The molecule has 2 aromatic rings. The predicted molar refractivity (Wildman–Crippen MR) is 88.6 cm³/mol. The van der Waals surface area contributed by atoms with E-state index >= 15 is 0 Å². The van der Waals surface area contributed by atoms with Crippen LogP contribution in [0.2, 0.25) is 0 Å². The zero-order valence-electron chi connectivity index (χ0n) is 13.7. The van der Waals surface area contributed by atoms with Crippen LogP contribution in [0, 0.1) is 0 Å². The lowest BCUT2D eigenvalue weighted by Gasteiger charge is -2.27. The summed E-state index contributed by atoms with van der Waals surface area (Å²) >= 11 is 0. The van der Waals surface area contributed by atoms with E-state index in [1.54, 1.807) is 12.1 Å². The Morgan fingerprint density at radius 1 is 1.04 bits per heavy atom. The van der Waals surface area contributed by atoms with Crippen molar-refractivity contribution < 1.29 is 24.7 Å². The minimum Gasteiger partial charge on any atom is -0.478 e. The first-order valence-electron chi connectivity index (χ1n) is 7.56. The summed E-state index contributed by atoms with van der Waals surface area (Å²) in [5.74, 6) is -0.0905. The predicted octanol–water partition coefficient (Wildman–Crippen LogP) is 4.12. The molecule has 0 unspecified atom stereocenters. The van der Waals surface area contributed by atoms with Crippen molar-refractivity contribution in [1.29, 1.82) is 0 Å². The van der Waals surface area contributed by atoms with Crippen molar-refractivity contribution in [3.63, 3.8) is 0 Å². The molecule has 5 heteroatoms. The van der Waals surface area contributed by atoms with Gasteiger partial charge in [-0.1, -0.05) is 32.0 Å². The van der Waals surface area contributed by atoms with Gasteiger partial charge in [-0.2, -0.15) is 0 Å². The van der Waals surface area contributed by atoms with Gasteiger partial charge in [-0.15, -0.1) is 0 Å². The molecule has 0 atom stereocenters. The number of carboxylic acids is 1. The molecule has 0 saturated carbocycles. The summed E-state index contributed by atoms with van der Waals surface area (Å²) in [7, 11) is 0. The topological polar surface area (TPSA) is 65.0 Å². The molecule has 4 aliphatic rings. The molecule has 5 nitrogen and oxygen atoms in total. The molecular formula is C19H18O5. The molecule has 1 N–H and O–H groups in total. The van der Waals surface area contributed by atoms with Crippen molar-refractivity contribution in [2.45, 2.75) is 26.2 Å². The van der Waals surface area contributed by atoms with E-state index in [0.29, 0.717) is 17.1 Å². The number of benzene rings is 2. The van der Waals surface area contributed by atoms with Crippen molar-refractivity contribution in [1.82, 2.24) is 0 Å². The first-order valence-corrected chi connectivity index (χ1v) is 7.56. The normalized spacial score (nSPS) is 15.9. The zero-order valence-corrected chi connectivity index (χ0v) is 13.7. The summed E-state index contributed by atoms with van der Waals surface area (Å²) in [5.41, 5.74) is 2.68. The van der Waals surface area contributed by atoms with Crippen LogP contribution in [-0.2, 0) is 15.2 Å². The fraction of sp³-hybridized carbons (Fsp3) is 0.211. The standard InChI is InChI=1S/C19H18O5/c1-12(18(20)21)10-13-11-15-6-9-17(13)23-24-22-16-7-4-14(5-8-16)19(15,2)3/h4-11H,1-3H3,(H,20,21). The summed E-state index contributed by atoms with van der Waals surface area (Å²) in [6.45, 7) is 5.75. The lowest BCUT2D eigenvalue weighted by molar-refractivity contribution is -0.411. The van der Waals surface area contributed by atoms with E-state index in [4.69, 9.17) is 19.9 Å². The van der Waals surface area contributed by atoms with Crippen molar-refractivity contribution >= 4 is 12.0 Å². The molecule has 4 aliphatic heterocycles. The summed E-state index contributed by atoms with van der Waals surface area (Å²) in [6, 6.07) is 13.1. The fourth-order valence-electron chi connectivity index (χ4n) is 2.61. The van der Waals surface area contributed by atoms with Crippen LogP contribution in [0.5, 0.6) is 11.5 Å². The highest BCUT2D eigenvalue weighted by molar-refractivity contribution is 5.92. The van der Waals surface area contributed by atoms with Crippen molar-refractivity contribution in [3.8, 4) is 11.5 Å². The van der Waals surface area contributed by atoms with Gasteiger partial charge in [0.05, 0.1) is 0 Å². The van der Waals surface area contributed by atoms with Crippen LogP contribution in [0.1, 0.15) is 37.5 Å². The Bertz CT molecular complexity index is 803. The van der Waals surface area contributed by atoms with E-state index in [9.17, 15) is 4.79 Å². The number of hydrogen-bond donors (Lipinski definition) is 1. The summed E-state index contributed by atoms with van der Waals surface area (Å²) in [5, 5.41) is 14.0. The van der Waals surface area contributed by atoms with Crippen LogP contribution >= 0.6 is 0 Å². The van der Waals surface area contributed by atoms with Gasteiger partial charge in [0.15, 0.2) is 11.5 Å². The molecule has 0 saturated heterocycles. The van der Waals surface area contributed by atoms with Crippen molar-refractivity contribution in [2.24, 2.45) is 0 Å². The second kappa shape index (κ2) is 6.02. The SMILES string of the molecule is CC(=Cc1cc2ccc1OOOc1ccc(cc1)C2(C)C)C(=O)O. The molecule has 4 bridgehead atoms. The Morgan fingerprint density at radius 2 is 1.71 bits per heavy atom. The largest absolute Gasteiger partial charge is 0.478 e. The van der Waals surface area contributed by atoms with Crippen LogP contribution < -0.4 is 9.78 Å². The van der Waals surface area contributed by atoms with Crippen LogP contribution in [0.4, 0.5) is 0 Å². The Balaban J connectivity index is 2.17. The van der Waals surface area contributed by atoms with Crippen molar-refractivity contribution in [2.75, 3.05) is 0 Å². The van der Waals surface area contributed by atoms with E-state index in [-0.39, 0.29) is 11.0 Å². The highest BCUT2D eigenvalue weighted by atomic mass is 17.5. The Morgan fingerprint density at radius 3 is 2.38 bits per heavy atom. The lowest BCUT2D eigenvalue weighted by atomic mass is 9.77. The quantitative estimate of drug-likeness (QED) is 0.664. The highest BCUT2D eigenvalue weighted by Crippen LogP contribution is 2.36. The molecule has 0 amide bonds. The van der Waals surface area contributed by atoms with Crippen LogP contribution in [0.3, 0.4) is 0 Å². The van der Waals surface area contributed by atoms with E-state index in [0.717, 1.165) is 11.1 Å². The van der Waals surface area contributed by atoms with Gasteiger partial charge in [0.2, 0.25) is 0 Å². The van der Waals surface area contributed by atoms with Gasteiger partial charge in [0.25, 0.3) is 0 Å². The average molecular weight is 326 g/mol. The van der Waals surface area contributed by atoms with Crippen LogP contribution in [0.25, 0.3) is 6.08 Å². The molecule has 0 spiro atoms. The van der Waals surface area contributed by atoms with Gasteiger partial charge in [-0.3, -0.25) is 9.78 Å². The molecule has 124 valence electrons. The highest BCUT2D eigenvalue weighted by Gasteiger charge is 2.25. The third kappa shape index (κ3) is 2.98. The Hall–Kier alpha value is -2.79. The molecule has 0 aliphatic carbocycles. The molecule has 0 aromatic heterocycles. The summed E-state index contributed by atoms with van der Waals surface area (Å²) in [6.07, 6.45) is 1.55. The van der Waals surface area contributed by atoms with Crippen LogP contribution in [0.15, 0.2) is 48.0 Å². The van der Waals surface area contributed by atoms with Gasteiger partial charge in [0, 0.05) is 21.6 Å². The second-order valence-corrected chi connectivity index (χ2v) is 6.27. The maximum Gasteiger partial charge on any atom is 0.331 e. The summed E-state index contributed by atoms with van der Waals surface area (Å²) < 4.78 is 0. The van der Waals surface area contributed by atoms with E-state index in [1.807, 2.05) is 36.4 Å². The number of aliphatic carboxylic acids is 1. The maximum atomic E-state index is 11.1. The number of carboxylic acid groups (broad SMARTS) is 1. The van der Waals surface area contributed by atoms with Gasteiger partial charge in [-0.25, -0.2) is 4.79 Å². The summed E-state index contributed by atoms with van der Waals surface area (Å²) in [4.78, 5) is 21.4. The first kappa shape index (κ1) is 16.1. The molecule has 24 heavy (non-hydrogen) atoms. The zero-order chi connectivity index (χ0) is 17.3. The van der Waals surface area contributed by atoms with Gasteiger partial charge < -0.3 is 5.11 Å².